The van der Waals surface area contributed by atoms with E-state index in [2.05, 4.69) is 31.7 Å². The van der Waals surface area contributed by atoms with Crippen LogP contribution in [0.15, 0.2) is 36.5 Å². The molecule has 0 saturated heterocycles. The summed E-state index contributed by atoms with van der Waals surface area (Å²) in [6.07, 6.45) is 8.40. The maximum absolute atomic E-state index is 3.78. The van der Waals surface area contributed by atoms with Crippen LogP contribution in [0.25, 0.3) is 0 Å². The Bertz CT molecular complexity index is 149. The highest BCUT2D eigenvalue weighted by molar-refractivity contribution is 5.13. The molecule has 1 unspecified atom stereocenters. The van der Waals surface area contributed by atoms with Crippen molar-refractivity contribution in [2.75, 3.05) is 0 Å². The predicted molar refractivity (Wildman–Crippen MR) is 47.9 cm³/mol. The summed E-state index contributed by atoms with van der Waals surface area (Å²) in [5.74, 6) is 0.529. The third-order valence-electron chi connectivity index (χ3n) is 1.18. The van der Waals surface area contributed by atoms with Gasteiger partial charge in [0.15, 0.2) is 0 Å². The third kappa shape index (κ3) is 5.36. The van der Waals surface area contributed by atoms with Gasteiger partial charge in [0.05, 0.1) is 0 Å². The van der Waals surface area contributed by atoms with Gasteiger partial charge in [-0.25, -0.2) is 0 Å². The van der Waals surface area contributed by atoms with Crippen molar-refractivity contribution < 1.29 is 0 Å². The van der Waals surface area contributed by atoms with Gasteiger partial charge < -0.3 is 0 Å². The summed E-state index contributed by atoms with van der Waals surface area (Å²) in [6, 6.07) is 0. The molecule has 0 aliphatic heterocycles. The summed E-state index contributed by atoms with van der Waals surface area (Å²) in [4.78, 5) is 0. The quantitative estimate of drug-likeness (QED) is 0.412. The highest BCUT2D eigenvalue weighted by Gasteiger charge is 1.85. The molecule has 0 amide bonds. The Kier molecular flexibility index (Phi) is 4.65. The zero-order valence-electron chi connectivity index (χ0n) is 7.09. The second kappa shape index (κ2) is 5.04. The van der Waals surface area contributed by atoms with E-state index in [-0.39, 0.29) is 0 Å². The Morgan fingerprint density at radius 1 is 1.40 bits per heavy atom. The first-order chi connectivity index (χ1) is 4.66. The SMILES string of the molecule is C=C(C)/C=C/C(C)/C=C/C. The van der Waals surface area contributed by atoms with Crippen LogP contribution in [0.3, 0.4) is 0 Å². The highest BCUT2D eigenvalue weighted by atomic mass is 13.9. The lowest BCUT2D eigenvalue weighted by Crippen LogP contribution is -1.80. The first-order valence-corrected chi connectivity index (χ1v) is 3.63. The molecule has 0 radical (unpaired) electrons. The van der Waals surface area contributed by atoms with E-state index in [0.29, 0.717) is 5.92 Å². The average Bonchev–Trinajstić information content (AvgIpc) is 1.85. The van der Waals surface area contributed by atoms with Crippen molar-refractivity contribution in [2.45, 2.75) is 20.8 Å². The summed E-state index contributed by atoms with van der Waals surface area (Å²) in [5.41, 5.74) is 1.11. The summed E-state index contributed by atoms with van der Waals surface area (Å²) < 4.78 is 0. The van der Waals surface area contributed by atoms with Gasteiger partial charge in [-0.15, -0.1) is 0 Å². The smallest absolute Gasteiger partial charge is 0.00788 e. The lowest BCUT2D eigenvalue weighted by atomic mass is 10.1. The van der Waals surface area contributed by atoms with Crippen LogP contribution in [0, 0.1) is 5.92 Å². The van der Waals surface area contributed by atoms with Crippen LogP contribution in [0.1, 0.15) is 20.8 Å². The molecule has 0 heterocycles. The van der Waals surface area contributed by atoms with E-state index in [0.717, 1.165) is 5.57 Å². The third-order valence-corrected chi connectivity index (χ3v) is 1.18. The summed E-state index contributed by atoms with van der Waals surface area (Å²) in [5, 5.41) is 0. The van der Waals surface area contributed by atoms with Crippen molar-refractivity contribution in [3.63, 3.8) is 0 Å². The van der Waals surface area contributed by atoms with E-state index in [4.69, 9.17) is 0 Å². The van der Waals surface area contributed by atoms with Gasteiger partial charge in [0.1, 0.15) is 0 Å². The van der Waals surface area contributed by atoms with E-state index in [1.165, 1.54) is 0 Å². The van der Waals surface area contributed by atoms with Crippen LogP contribution in [0.5, 0.6) is 0 Å². The van der Waals surface area contributed by atoms with Gasteiger partial charge in [0.2, 0.25) is 0 Å². The minimum absolute atomic E-state index is 0.529. The molecule has 10 heavy (non-hydrogen) atoms. The van der Waals surface area contributed by atoms with Crippen molar-refractivity contribution in [1.82, 2.24) is 0 Å². The van der Waals surface area contributed by atoms with Crippen molar-refractivity contribution in [3.05, 3.63) is 36.5 Å². The Morgan fingerprint density at radius 3 is 2.40 bits per heavy atom. The first kappa shape index (κ1) is 9.22. The molecule has 0 aromatic heterocycles. The van der Waals surface area contributed by atoms with Crippen molar-refractivity contribution in [1.29, 1.82) is 0 Å². The minimum Gasteiger partial charge on any atom is -0.0961 e. The standard InChI is InChI=1S/C10H16/c1-5-6-10(4)8-7-9(2)3/h5-8,10H,2H2,1,3-4H3/b6-5+,8-7+. The van der Waals surface area contributed by atoms with E-state index in [1.807, 2.05) is 19.9 Å². The minimum atomic E-state index is 0.529. The van der Waals surface area contributed by atoms with Gasteiger partial charge in [-0.05, 0) is 19.8 Å². The summed E-state index contributed by atoms with van der Waals surface area (Å²) >= 11 is 0. The molecule has 1 atom stereocenters. The molecule has 0 aliphatic carbocycles. The molecule has 0 N–H and O–H groups in total. The van der Waals surface area contributed by atoms with Gasteiger partial charge in [0.25, 0.3) is 0 Å². The maximum atomic E-state index is 3.78. The fraction of sp³-hybridized carbons (Fsp3) is 0.400. The van der Waals surface area contributed by atoms with Crippen molar-refractivity contribution >= 4 is 0 Å². The molecule has 56 valence electrons. The predicted octanol–water partition coefficient (Wildman–Crippen LogP) is 3.33. The van der Waals surface area contributed by atoms with Crippen LogP contribution >= 0.6 is 0 Å². The molecule has 0 aromatic carbocycles. The maximum Gasteiger partial charge on any atom is -0.00788 e. The Hall–Kier alpha value is -0.780. The van der Waals surface area contributed by atoms with Crippen LogP contribution in [0.4, 0.5) is 0 Å². The lowest BCUT2D eigenvalue weighted by Gasteiger charge is -1.95. The molecule has 0 aromatic rings. The van der Waals surface area contributed by atoms with Gasteiger partial charge in [-0.3, -0.25) is 0 Å². The molecule has 0 spiro atoms. The number of allylic oxidation sites excluding steroid dienone is 5. The zero-order chi connectivity index (χ0) is 7.98. The molecular weight excluding hydrogens is 120 g/mol. The molecule has 0 nitrogen and oxygen atoms in total. The molecule has 0 rings (SSSR count). The normalized spacial score (nSPS) is 14.7. The van der Waals surface area contributed by atoms with Crippen LogP contribution in [-0.4, -0.2) is 0 Å². The Balaban J connectivity index is 3.77. The van der Waals surface area contributed by atoms with E-state index < -0.39 is 0 Å². The fourth-order valence-electron chi connectivity index (χ4n) is 0.684. The Morgan fingerprint density at radius 2 is 2.00 bits per heavy atom. The molecule has 0 aliphatic rings. The van der Waals surface area contributed by atoms with Crippen LogP contribution in [-0.2, 0) is 0 Å². The monoisotopic (exact) mass is 136 g/mol. The zero-order valence-corrected chi connectivity index (χ0v) is 7.09. The second-order valence-electron chi connectivity index (χ2n) is 2.59. The van der Waals surface area contributed by atoms with Crippen LogP contribution in [0.2, 0.25) is 0 Å². The topological polar surface area (TPSA) is 0 Å². The van der Waals surface area contributed by atoms with Gasteiger partial charge in [0, 0.05) is 0 Å². The lowest BCUT2D eigenvalue weighted by molar-refractivity contribution is 0.936. The fourth-order valence-corrected chi connectivity index (χ4v) is 0.684. The van der Waals surface area contributed by atoms with Crippen LogP contribution < -0.4 is 0 Å². The molecular formula is C10H16. The summed E-state index contributed by atoms with van der Waals surface area (Å²) in [6.45, 7) is 9.96. The second-order valence-corrected chi connectivity index (χ2v) is 2.59. The average molecular weight is 136 g/mol. The van der Waals surface area contributed by atoms with E-state index in [9.17, 15) is 0 Å². The van der Waals surface area contributed by atoms with Crippen molar-refractivity contribution in [3.8, 4) is 0 Å². The van der Waals surface area contributed by atoms with Crippen molar-refractivity contribution in [2.24, 2.45) is 5.92 Å². The number of rotatable bonds is 3. The highest BCUT2D eigenvalue weighted by Crippen LogP contribution is 2.01. The molecule has 0 saturated carbocycles. The van der Waals surface area contributed by atoms with E-state index >= 15 is 0 Å². The summed E-state index contributed by atoms with van der Waals surface area (Å²) in [7, 11) is 0. The molecule has 0 fully saturated rings. The molecule has 0 bridgehead atoms. The van der Waals surface area contributed by atoms with Gasteiger partial charge in [-0.2, -0.15) is 0 Å². The molecule has 0 heteroatoms. The van der Waals surface area contributed by atoms with E-state index in [1.54, 1.807) is 0 Å². The first-order valence-electron chi connectivity index (χ1n) is 3.63. The number of hydrogen-bond acceptors (Lipinski definition) is 0. The van der Waals surface area contributed by atoms with Gasteiger partial charge in [-0.1, -0.05) is 43.4 Å². The Labute approximate surface area is 64.0 Å². The largest absolute Gasteiger partial charge is 0.0961 e. The van der Waals surface area contributed by atoms with Gasteiger partial charge >= 0.3 is 0 Å². The number of hydrogen-bond donors (Lipinski definition) is 0.